The van der Waals surface area contributed by atoms with E-state index < -0.39 is 20.9 Å². The third kappa shape index (κ3) is 4.04. The fraction of sp³-hybridized carbons (Fsp3) is 0.300. The first kappa shape index (κ1) is 15.1. The van der Waals surface area contributed by atoms with Crippen molar-refractivity contribution in [2.75, 3.05) is 6.61 Å². The second-order valence-electron chi connectivity index (χ2n) is 3.64. The zero-order valence-electron chi connectivity index (χ0n) is 9.39. The Morgan fingerprint density at radius 1 is 1.50 bits per heavy atom. The SMILES string of the molecule is CC(COc1ccc(Cl)cc1S(=O)(=O)Cl)C(N)=O. The molecule has 0 aromatic heterocycles. The van der Waals surface area contributed by atoms with Crippen molar-refractivity contribution in [1.29, 1.82) is 0 Å². The first-order chi connectivity index (χ1) is 8.21. The summed E-state index contributed by atoms with van der Waals surface area (Å²) < 4.78 is 27.9. The lowest BCUT2D eigenvalue weighted by Crippen LogP contribution is -2.26. The van der Waals surface area contributed by atoms with Crippen molar-refractivity contribution in [1.82, 2.24) is 0 Å². The predicted molar refractivity (Wildman–Crippen MR) is 68.3 cm³/mol. The lowest BCUT2D eigenvalue weighted by Gasteiger charge is -2.12. The molecular formula is C10H11Cl2NO4S. The molecule has 1 atom stereocenters. The standard InChI is InChI=1S/C10H11Cl2NO4S/c1-6(10(13)14)5-17-8-3-2-7(11)4-9(8)18(12,15)16/h2-4,6H,5H2,1H3,(H2,13,14). The molecule has 0 aliphatic carbocycles. The van der Waals surface area contributed by atoms with Gasteiger partial charge < -0.3 is 10.5 Å². The molecule has 1 aromatic carbocycles. The van der Waals surface area contributed by atoms with E-state index in [4.69, 9.17) is 32.8 Å². The van der Waals surface area contributed by atoms with E-state index in [2.05, 4.69) is 0 Å². The number of amides is 1. The Balaban J connectivity index is 3.00. The summed E-state index contributed by atoms with van der Waals surface area (Å²) >= 11 is 5.68. The van der Waals surface area contributed by atoms with E-state index in [1.54, 1.807) is 6.92 Å². The van der Waals surface area contributed by atoms with Crippen LogP contribution in [-0.2, 0) is 13.8 Å². The van der Waals surface area contributed by atoms with E-state index in [0.717, 1.165) is 0 Å². The normalized spacial score (nSPS) is 13.1. The number of benzene rings is 1. The highest BCUT2D eigenvalue weighted by Crippen LogP contribution is 2.30. The topological polar surface area (TPSA) is 86.5 Å². The highest BCUT2D eigenvalue weighted by atomic mass is 35.7. The average molecular weight is 312 g/mol. The zero-order valence-corrected chi connectivity index (χ0v) is 11.7. The molecule has 5 nitrogen and oxygen atoms in total. The van der Waals surface area contributed by atoms with Crippen LogP contribution < -0.4 is 10.5 Å². The Morgan fingerprint density at radius 3 is 2.61 bits per heavy atom. The van der Waals surface area contributed by atoms with Crippen LogP contribution in [0.15, 0.2) is 23.1 Å². The molecule has 0 radical (unpaired) electrons. The second-order valence-corrected chi connectivity index (χ2v) is 6.61. The van der Waals surface area contributed by atoms with Crippen LogP contribution in [0.5, 0.6) is 5.75 Å². The minimum absolute atomic E-state index is 0.0301. The van der Waals surface area contributed by atoms with E-state index in [1.165, 1.54) is 18.2 Å². The fourth-order valence-corrected chi connectivity index (χ4v) is 2.32. The number of nitrogens with two attached hydrogens (primary N) is 1. The molecule has 0 bridgehead atoms. The predicted octanol–water partition coefficient (Wildman–Crippen LogP) is 1.77. The monoisotopic (exact) mass is 311 g/mol. The number of carbonyl (C=O) groups excluding carboxylic acids is 1. The van der Waals surface area contributed by atoms with Gasteiger partial charge in [0.1, 0.15) is 10.6 Å². The Morgan fingerprint density at radius 2 is 2.11 bits per heavy atom. The first-order valence-corrected chi connectivity index (χ1v) is 7.57. The molecule has 2 N–H and O–H groups in total. The third-order valence-corrected chi connectivity index (χ3v) is 3.72. The van der Waals surface area contributed by atoms with Crippen LogP contribution in [0, 0.1) is 5.92 Å². The summed E-state index contributed by atoms with van der Waals surface area (Å²) in [6.07, 6.45) is 0. The van der Waals surface area contributed by atoms with Crippen LogP contribution in [0.3, 0.4) is 0 Å². The van der Waals surface area contributed by atoms with Crippen LogP contribution in [0.4, 0.5) is 0 Å². The quantitative estimate of drug-likeness (QED) is 0.839. The number of hydrogen-bond acceptors (Lipinski definition) is 4. The Kier molecular flexibility index (Phi) is 4.84. The van der Waals surface area contributed by atoms with Gasteiger partial charge in [0.2, 0.25) is 5.91 Å². The van der Waals surface area contributed by atoms with Crippen molar-refractivity contribution in [3.63, 3.8) is 0 Å². The smallest absolute Gasteiger partial charge is 0.265 e. The van der Waals surface area contributed by atoms with Gasteiger partial charge >= 0.3 is 0 Å². The maximum atomic E-state index is 11.3. The van der Waals surface area contributed by atoms with Gasteiger partial charge in [0.15, 0.2) is 0 Å². The van der Waals surface area contributed by atoms with Gasteiger partial charge in [-0.25, -0.2) is 8.42 Å². The summed E-state index contributed by atoms with van der Waals surface area (Å²) in [5.74, 6) is -1.06. The van der Waals surface area contributed by atoms with E-state index >= 15 is 0 Å². The van der Waals surface area contributed by atoms with Crippen molar-refractivity contribution in [3.05, 3.63) is 23.2 Å². The molecule has 18 heavy (non-hydrogen) atoms. The van der Waals surface area contributed by atoms with Gasteiger partial charge in [0, 0.05) is 15.7 Å². The largest absolute Gasteiger partial charge is 0.491 e. The van der Waals surface area contributed by atoms with E-state index in [9.17, 15) is 13.2 Å². The highest BCUT2D eigenvalue weighted by molar-refractivity contribution is 8.13. The van der Waals surface area contributed by atoms with Gasteiger partial charge in [-0.15, -0.1) is 0 Å². The van der Waals surface area contributed by atoms with Crippen molar-refractivity contribution in [2.45, 2.75) is 11.8 Å². The lowest BCUT2D eigenvalue weighted by molar-refractivity contribution is -0.122. The summed E-state index contributed by atoms with van der Waals surface area (Å²) in [6.45, 7) is 1.52. The Labute approximate surface area is 114 Å². The zero-order chi connectivity index (χ0) is 13.9. The first-order valence-electron chi connectivity index (χ1n) is 4.88. The third-order valence-electron chi connectivity index (χ3n) is 2.14. The molecule has 0 spiro atoms. The Bertz CT molecular complexity index is 559. The van der Waals surface area contributed by atoms with Crippen LogP contribution in [0.1, 0.15) is 6.92 Å². The summed E-state index contributed by atoms with van der Waals surface area (Å²) in [5, 5.41) is 0.213. The summed E-state index contributed by atoms with van der Waals surface area (Å²) in [4.78, 5) is 10.6. The molecule has 1 rings (SSSR count). The molecule has 100 valence electrons. The van der Waals surface area contributed by atoms with E-state index in [0.29, 0.717) is 0 Å². The fourth-order valence-electron chi connectivity index (χ4n) is 1.09. The van der Waals surface area contributed by atoms with Gasteiger partial charge in [-0.1, -0.05) is 18.5 Å². The summed E-state index contributed by atoms with van der Waals surface area (Å²) in [5.41, 5.74) is 5.06. The molecule has 1 aromatic rings. The highest BCUT2D eigenvalue weighted by Gasteiger charge is 2.19. The van der Waals surface area contributed by atoms with Crippen molar-refractivity contribution in [2.24, 2.45) is 11.7 Å². The second kappa shape index (κ2) is 5.77. The molecule has 0 aliphatic heterocycles. The van der Waals surface area contributed by atoms with Crippen LogP contribution in [0.2, 0.25) is 5.02 Å². The Hall–Kier alpha value is -0.980. The molecule has 0 heterocycles. The number of halogens is 2. The van der Waals surface area contributed by atoms with Crippen LogP contribution in [-0.4, -0.2) is 20.9 Å². The molecule has 1 unspecified atom stereocenters. The number of carbonyl (C=O) groups is 1. The summed E-state index contributed by atoms with van der Waals surface area (Å²) in [6, 6.07) is 4.00. The maximum Gasteiger partial charge on any atom is 0.265 e. The van der Waals surface area contributed by atoms with Crippen LogP contribution >= 0.6 is 22.3 Å². The lowest BCUT2D eigenvalue weighted by atomic mass is 10.2. The van der Waals surface area contributed by atoms with E-state index in [1.807, 2.05) is 0 Å². The molecule has 0 fully saturated rings. The van der Waals surface area contributed by atoms with Crippen molar-refractivity contribution in [3.8, 4) is 5.75 Å². The number of ether oxygens (including phenoxy) is 1. The molecular weight excluding hydrogens is 301 g/mol. The minimum Gasteiger partial charge on any atom is -0.491 e. The van der Waals surface area contributed by atoms with Crippen molar-refractivity contribution < 1.29 is 17.9 Å². The average Bonchev–Trinajstić information content (AvgIpc) is 2.25. The van der Waals surface area contributed by atoms with Crippen LogP contribution in [0.25, 0.3) is 0 Å². The number of hydrogen-bond donors (Lipinski definition) is 1. The molecule has 0 saturated carbocycles. The molecule has 0 aliphatic rings. The van der Waals surface area contributed by atoms with Gasteiger partial charge in [-0.3, -0.25) is 4.79 Å². The van der Waals surface area contributed by atoms with Gasteiger partial charge in [0.05, 0.1) is 12.5 Å². The maximum absolute atomic E-state index is 11.3. The number of rotatable bonds is 5. The molecule has 0 saturated heterocycles. The van der Waals surface area contributed by atoms with Gasteiger partial charge in [0.25, 0.3) is 9.05 Å². The van der Waals surface area contributed by atoms with Gasteiger partial charge in [-0.2, -0.15) is 0 Å². The van der Waals surface area contributed by atoms with Crippen molar-refractivity contribution >= 4 is 37.2 Å². The number of primary amides is 1. The summed E-state index contributed by atoms with van der Waals surface area (Å²) in [7, 11) is 1.28. The van der Waals surface area contributed by atoms with Gasteiger partial charge in [-0.05, 0) is 18.2 Å². The molecule has 1 amide bonds. The van der Waals surface area contributed by atoms with E-state index in [-0.39, 0.29) is 22.3 Å². The molecule has 8 heteroatoms. The minimum atomic E-state index is -3.98.